The Balaban J connectivity index is 1.99. The lowest BCUT2D eigenvalue weighted by Gasteiger charge is -2.17. The molecule has 0 radical (unpaired) electrons. The summed E-state index contributed by atoms with van der Waals surface area (Å²) < 4.78 is 38.7. The van der Waals surface area contributed by atoms with E-state index in [-0.39, 0.29) is 18.3 Å². The molecule has 0 aliphatic rings. The van der Waals surface area contributed by atoms with Gasteiger partial charge in [0.25, 0.3) is 0 Å². The smallest absolute Gasteiger partial charge is 0.324 e. The molecule has 2 N–H and O–H groups in total. The fourth-order valence-electron chi connectivity index (χ4n) is 2.22. The molecule has 1 unspecified atom stereocenters. The Labute approximate surface area is 142 Å². The van der Waals surface area contributed by atoms with Crippen molar-refractivity contribution in [2.75, 3.05) is 11.9 Å². The predicted octanol–water partition coefficient (Wildman–Crippen LogP) is 4.65. The van der Waals surface area contributed by atoms with Gasteiger partial charge in [0.1, 0.15) is 0 Å². The van der Waals surface area contributed by atoms with Crippen LogP contribution in [0, 0.1) is 0 Å². The van der Waals surface area contributed by atoms with Gasteiger partial charge in [-0.3, -0.25) is 4.79 Å². The molecule has 2 aromatic carbocycles. The first-order chi connectivity index (χ1) is 11.3. The van der Waals surface area contributed by atoms with Crippen LogP contribution < -0.4 is 10.6 Å². The summed E-state index contributed by atoms with van der Waals surface area (Å²) in [4.78, 5) is 11.9. The highest BCUT2D eigenvalue weighted by Crippen LogP contribution is 2.34. The number of amides is 1. The van der Waals surface area contributed by atoms with Gasteiger partial charge in [-0.1, -0.05) is 41.9 Å². The summed E-state index contributed by atoms with van der Waals surface area (Å²) in [5.74, 6) is -0.564. The summed E-state index contributed by atoms with van der Waals surface area (Å²) >= 11 is 6.07. The topological polar surface area (TPSA) is 41.1 Å². The number of alkyl halides is 3. The number of hydrogen-bond donors (Lipinski definition) is 2. The van der Waals surface area contributed by atoms with Crippen molar-refractivity contribution in [3.8, 4) is 0 Å². The Bertz CT molecular complexity index is 719. The second-order valence-electron chi connectivity index (χ2n) is 5.22. The zero-order valence-electron chi connectivity index (χ0n) is 12.8. The average molecular weight is 357 g/mol. The van der Waals surface area contributed by atoms with E-state index in [9.17, 15) is 18.0 Å². The van der Waals surface area contributed by atoms with Crippen LogP contribution in [-0.4, -0.2) is 12.5 Å². The molecule has 0 aliphatic carbocycles. The maximum absolute atomic E-state index is 12.9. The minimum atomic E-state index is -4.53. The number of rotatable bonds is 5. The zero-order chi connectivity index (χ0) is 17.7. The van der Waals surface area contributed by atoms with Crippen molar-refractivity contribution in [3.63, 3.8) is 0 Å². The lowest BCUT2D eigenvalue weighted by molar-refractivity contribution is -0.137. The van der Waals surface area contributed by atoms with Crippen LogP contribution in [-0.2, 0) is 11.0 Å². The van der Waals surface area contributed by atoms with Crippen LogP contribution in [0.25, 0.3) is 0 Å². The fourth-order valence-corrected chi connectivity index (χ4v) is 2.52. The van der Waals surface area contributed by atoms with Gasteiger partial charge in [0.05, 0.1) is 17.8 Å². The minimum absolute atomic E-state index is 0.140. The summed E-state index contributed by atoms with van der Waals surface area (Å²) in [7, 11) is 0. The van der Waals surface area contributed by atoms with Crippen molar-refractivity contribution in [3.05, 3.63) is 64.7 Å². The minimum Gasteiger partial charge on any atom is -0.324 e. The van der Waals surface area contributed by atoms with E-state index in [1.54, 1.807) is 12.1 Å². The van der Waals surface area contributed by atoms with Gasteiger partial charge in [0.15, 0.2) is 0 Å². The Morgan fingerprint density at radius 2 is 1.75 bits per heavy atom. The fraction of sp³-hybridized carbons (Fsp3) is 0.235. The number of para-hydroxylation sites is 1. The Morgan fingerprint density at radius 1 is 1.12 bits per heavy atom. The second kappa shape index (κ2) is 7.68. The van der Waals surface area contributed by atoms with Crippen molar-refractivity contribution in [1.29, 1.82) is 0 Å². The Hall–Kier alpha value is -2.05. The number of carbonyl (C=O) groups is 1. The molecule has 0 spiro atoms. The van der Waals surface area contributed by atoms with E-state index in [0.29, 0.717) is 5.02 Å². The number of halogens is 4. The number of hydrogen-bond acceptors (Lipinski definition) is 2. The van der Waals surface area contributed by atoms with Crippen molar-refractivity contribution < 1.29 is 18.0 Å². The first-order valence-electron chi connectivity index (χ1n) is 7.23. The van der Waals surface area contributed by atoms with Crippen molar-refractivity contribution >= 4 is 23.2 Å². The van der Waals surface area contributed by atoms with Crippen molar-refractivity contribution in [2.24, 2.45) is 0 Å². The van der Waals surface area contributed by atoms with Gasteiger partial charge in [0.2, 0.25) is 5.91 Å². The average Bonchev–Trinajstić information content (AvgIpc) is 2.52. The van der Waals surface area contributed by atoms with Crippen molar-refractivity contribution in [1.82, 2.24) is 5.32 Å². The molecule has 2 rings (SSSR count). The number of carbonyl (C=O) groups excluding carboxylic acids is 1. The van der Waals surface area contributed by atoms with E-state index in [0.717, 1.165) is 11.6 Å². The lowest BCUT2D eigenvalue weighted by Crippen LogP contribution is -2.30. The van der Waals surface area contributed by atoms with E-state index in [1.165, 1.54) is 18.2 Å². The Morgan fingerprint density at radius 3 is 2.42 bits per heavy atom. The highest BCUT2D eigenvalue weighted by Gasteiger charge is 2.33. The molecule has 0 heterocycles. The predicted molar refractivity (Wildman–Crippen MR) is 87.9 cm³/mol. The summed E-state index contributed by atoms with van der Waals surface area (Å²) in [6.07, 6.45) is -4.53. The summed E-state index contributed by atoms with van der Waals surface area (Å²) in [6, 6.07) is 11.8. The third-order valence-corrected chi connectivity index (χ3v) is 3.79. The van der Waals surface area contributed by atoms with Gasteiger partial charge in [-0.15, -0.1) is 0 Å². The van der Waals surface area contributed by atoms with Gasteiger partial charge in [-0.2, -0.15) is 13.2 Å². The standard InChI is InChI=1S/C17H16ClF3N2O/c1-11(12-6-2-4-8-14(12)18)22-10-16(24)23-15-9-5-3-7-13(15)17(19,20)21/h2-9,11,22H,10H2,1H3,(H,23,24). The highest BCUT2D eigenvalue weighted by molar-refractivity contribution is 6.31. The third kappa shape index (κ3) is 4.72. The van der Waals surface area contributed by atoms with Crippen LogP contribution in [0.1, 0.15) is 24.1 Å². The largest absolute Gasteiger partial charge is 0.418 e. The second-order valence-corrected chi connectivity index (χ2v) is 5.62. The van der Waals surface area contributed by atoms with Crippen LogP contribution in [0.5, 0.6) is 0 Å². The normalized spacial score (nSPS) is 12.7. The summed E-state index contributed by atoms with van der Waals surface area (Å²) in [5, 5.41) is 5.78. The number of anilines is 1. The molecule has 0 saturated heterocycles. The number of benzene rings is 2. The van der Waals surface area contributed by atoms with Crippen LogP contribution in [0.4, 0.5) is 18.9 Å². The molecule has 0 fully saturated rings. The van der Waals surface area contributed by atoms with Gasteiger partial charge in [0, 0.05) is 11.1 Å². The van der Waals surface area contributed by atoms with Gasteiger partial charge < -0.3 is 10.6 Å². The van der Waals surface area contributed by atoms with E-state index in [2.05, 4.69) is 10.6 Å². The molecule has 0 aromatic heterocycles. The van der Waals surface area contributed by atoms with Gasteiger partial charge >= 0.3 is 6.18 Å². The van der Waals surface area contributed by atoms with E-state index < -0.39 is 17.6 Å². The van der Waals surface area contributed by atoms with Crippen LogP contribution in [0.3, 0.4) is 0 Å². The number of nitrogens with one attached hydrogen (secondary N) is 2. The van der Waals surface area contributed by atoms with Crippen LogP contribution >= 0.6 is 11.6 Å². The molecule has 0 bridgehead atoms. The lowest BCUT2D eigenvalue weighted by atomic mass is 10.1. The molecule has 128 valence electrons. The summed E-state index contributed by atoms with van der Waals surface area (Å²) in [6.45, 7) is 1.68. The first-order valence-corrected chi connectivity index (χ1v) is 7.60. The monoisotopic (exact) mass is 356 g/mol. The Kier molecular flexibility index (Phi) is 5.85. The quantitative estimate of drug-likeness (QED) is 0.818. The SMILES string of the molecule is CC(NCC(=O)Nc1ccccc1C(F)(F)F)c1ccccc1Cl. The molecule has 24 heavy (non-hydrogen) atoms. The van der Waals surface area contributed by atoms with Crippen LogP contribution in [0.2, 0.25) is 5.02 Å². The van der Waals surface area contributed by atoms with Gasteiger partial charge in [-0.05, 0) is 30.7 Å². The van der Waals surface area contributed by atoms with E-state index in [4.69, 9.17) is 11.6 Å². The highest BCUT2D eigenvalue weighted by atomic mass is 35.5. The van der Waals surface area contributed by atoms with Gasteiger partial charge in [-0.25, -0.2) is 0 Å². The molecule has 1 atom stereocenters. The first kappa shape index (κ1) is 18.3. The molecule has 2 aromatic rings. The molecule has 1 amide bonds. The molecular weight excluding hydrogens is 341 g/mol. The molecule has 0 saturated carbocycles. The van der Waals surface area contributed by atoms with Crippen molar-refractivity contribution in [2.45, 2.75) is 19.1 Å². The third-order valence-electron chi connectivity index (χ3n) is 3.45. The van der Waals surface area contributed by atoms with Crippen LogP contribution in [0.15, 0.2) is 48.5 Å². The summed E-state index contributed by atoms with van der Waals surface area (Å²) in [5.41, 5.74) is -0.331. The zero-order valence-corrected chi connectivity index (χ0v) is 13.6. The molecule has 3 nitrogen and oxygen atoms in total. The molecule has 0 aliphatic heterocycles. The van der Waals surface area contributed by atoms with E-state index in [1.807, 2.05) is 19.1 Å². The molecular formula is C17H16ClF3N2O. The van der Waals surface area contributed by atoms with E-state index >= 15 is 0 Å². The maximum atomic E-state index is 12.9. The molecule has 7 heteroatoms. The maximum Gasteiger partial charge on any atom is 0.418 e.